The number of phenols is 2. The predicted molar refractivity (Wildman–Crippen MR) is 114 cm³/mol. The SMILES string of the molecule is CN1CC[C@H](c2c(O)cc(O)c3c(=O)cc(-c4cccc(Br)c4)oc23)[C@H]1CCO. The molecule has 6 nitrogen and oxygen atoms in total. The summed E-state index contributed by atoms with van der Waals surface area (Å²) >= 11 is 3.42. The van der Waals surface area contributed by atoms with Crippen molar-refractivity contribution in [3.05, 3.63) is 56.7 Å². The van der Waals surface area contributed by atoms with E-state index in [4.69, 9.17) is 4.42 Å². The number of halogens is 1. The van der Waals surface area contributed by atoms with E-state index in [2.05, 4.69) is 20.8 Å². The number of phenolic OH excluding ortho intramolecular Hbond substituents is 2. The third-order valence-electron chi connectivity index (χ3n) is 5.73. The summed E-state index contributed by atoms with van der Waals surface area (Å²) in [5.74, 6) is -0.176. The normalized spacial score (nSPS) is 19.8. The van der Waals surface area contributed by atoms with Crippen molar-refractivity contribution < 1.29 is 19.7 Å². The van der Waals surface area contributed by atoms with Gasteiger partial charge in [0.25, 0.3) is 0 Å². The zero-order valence-corrected chi connectivity index (χ0v) is 17.5. The molecular formula is C22H22BrNO5. The van der Waals surface area contributed by atoms with Gasteiger partial charge in [-0.15, -0.1) is 0 Å². The second kappa shape index (κ2) is 7.82. The van der Waals surface area contributed by atoms with Gasteiger partial charge in [0, 0.05) is 46.3 Å². The van der Waals surface area contributed by atoms with Crippen LogP contribution in [-0.4, -0.2) is 46.5 Å². The van der Waals surface area contributed by atoms with E-state index in [9.17, 15) is 20.1 Å². The lowest BCUT2D eigenvalue weighted by molar-refractivity contribution is 0.211. The van der Waals surface area contributed by atoms with Crippen LogP contribution in [0.25, 0.3) is 22.3 Å². The van der Waals surface area contributed by atoms with Crippen LogP contribution in [0.15, 0.2) is 50.1 Å². The van der Waals surface area contributed by atoms with Crippen LogP contribution in [0.2, 0.25) is 0 Å². The molecule has 0 unspecified atom stereocenters. The fourth-order valence-corrected chi connectivity index (χ4v) is 4.76. The van der Waals surface area contributed by atoms with Gasteiger partial charge in [-0.3, -0.25) is 4.79 Å². The number of aliphatic hydroxyl groups excluding tert-OH is 1. The molecule has 29 heavy (non-hydrogen) atoms. The Labute approximate surface area is 176 Å². The summed E-state index contributed by atoms with van der Waals surface area (Å²) in [6.45, 7) is 0.822. The van der Waals surface area contributed by atoms with Crippen molar-refractivity contribution in [2.24, 2.45) is 0 Å². The second-order valence-electron chi connectivity index (χ2n) is 7.47. The molecular weight excluding hydrogens is 438 g/mol. The number of benzene rings is 2. The molecule has 1 fully saturated rings. The number of aliphatic hydroxyl groups is 1. The van der Waals surface area contributed by atoms with E-state index in [1.54, 1.807) is 0 Å². The summed E-state index contributed by atoms with van der Waals surface area (Å²) in [4.78, 5) is 15.0. The first kappa shape index (κ1) is 19.9. The van der Waals surface area contributed by atoms with Gasteiger partial charge in [0.2, 0.25) is 0 Å². The highest BCUT2D eigenvalue weighted by Gasteiger charge is 2.36. The first-order valence-electron chi connectivity index (χ1n) is 9.50. The minimum atomic E-state index is -0.370. The first-order valence-corrected chi connectivity index (χ1v) is 10.3. The predicted octanol–water partition coefficient (Wildman–Crippen LogP) is 3.80. The summed E-state index contributed by atoms with van der Waals surface area (Å²) in [6, 6.07) is 9.95. The van der Waals surface area contributed by atoms with Crippen LogP contribution in [-0.2, 0) is 0 Å². The molecule has 3 aromatic rings. The second-order valence-corrected chi connectivity index (χ2v) is 8.39. The van der Waals surface area contributed by atoms with Gasteiger partial charge < -0.3 is 24.6 Å². The van der Waals surface area contributed by atoms with Crippen LogP contribution in [0.1, 0.15) is 24.3 Å². The Morgan fingerprint density at radius 3 is 2.72 bits per heavy atom. The monoisotopic (exact) mass is 459 g/mol. The van der Waals surface area contributed by atoms with Crippen LogP contribution in [0.3, 0.4) is 0 Å². The van der Waals surface area contributed by atoms with Crippen molar-refractivity contribution >= 4 is 26.9 Å². The van der Waals surface area contributed by atoms with Gasteiger partial charge in [0.15, 0.2) is 5.43 Å². The molecule has 0 radical (unpaired) electrons. The Morgan fingerprint density at radius 1 is 1.21 bits per heavy atom. The van der Waals surface area contributed by atoms with Crippen molar-refractivity contribution in [2.75, 3.05) is 20.2 Å². The largest absolute Gasteiger partial charge is 0.507 e. The Bertz CT molecular complexity index is 1130. The maximum absolute atomic E-state index is 12.9. The van der Waals surface area contributed by atoms with E-state index < -0.39 is 0 Å². The van der Waals surface area contributed by atoms with Crippen LogP contribution < -0.4 is 5.43 Å². The number of hydrogen-bond donors (Lipinski definition) is 3. The van der Waals surface area contributed by atoms with Gasteiger partial charge in [0.1, 0.15) is 28.2 Å². The van der Waals surface area contributed by atoms with Crippen molar-refractivity contribution in [1.29, 1.82) is 0 Å². The molecule has 2 aromatic carbocycles. The number of likely N-dealkylation sites (tertiary alicyclic amines) is 1. The molecule has 0 saturated carbocycles. The van der Waals surface area contributed by atoms with Crippen LogP contribution in [0, 0.1) is 0 Å². The molecule has 152 valence electrons. The molecule has 4 rings (SSSR count). The minimum absolute atomic E-state index is 0.00142. The van der Waals surface area contributed by atoms with Gasteiger partial charge in [-0.2, -0.15) is 0 Å². The lowest BCUT2D eigenvalue weighted by atomic mass is 9.87. The Hall–Kier alpha value is -2.35. The Kier molecular flexibility index (Phi) is 5.38. The lowest BCUT2D eigenvalue weighted by Gasteiger charge is -2.25. The van der Waals surface area contributed by atoms with Crippen LogP contribution >= 0.6 is 15.9 Å². The number of likely N-dealkylation sites (N-methyl/N-ethyl adjacent to an activating group) is 1. The smallest absolute Gasteiger partial charge is 0.197 e. The summed E-state index contributed by atoms with van der Waals surface area (Å²) in [6.07, 6.45) is 1.29. The highest BCUT2D eigenvalue weighted by Crippen LogP contribution is 2.45. The topological polar surface area (TPSA) is 94.1 Å². The molecule has 7 heteroatoms. The molecule has 0 spiro atoms. The Morgan fingerprint density at radius 2 is 2.00 bits per heavy atom. The average molecular weight is 460 g/mol. The van der Waals surface area contributed by atoms with E-state index >= 15 is 0 Å². The van der Waals surface area contributed by atoms with Crippen LogP contribution in [0.4, 0.5) is 0 Å². The highest BCUT2D eigenvalue weighted by molar-refractivity contribution is 9.10. The summed E-state index contributed by atoms with van der Waals surface area (Å²) in [5.41, 5.74) is 1.05. The van der Waals surface area contributed by atoms with Crippen molar-refractivity contribution in [1.82, 2.24) is 4.90 Å². The Balaban J connectivity index is 1.98. The first-order chi connectivity index (χ1) is 13.9. The fraction of sp³-hybridized carbons (Fsp3) is 0.318. The van der Waals surface area contributed by atoms with Gasteiger partial charge >= 0.3 is 0 Å². The highest BCUT2D eigenvalue weighted by atomic mass is 79.9. The molecule has 1 aliphatic rings. The molecule has 1 saturated heterocycles. The third-order valence-corrected chi connectivity index (χ3v) is 6.22. The molecule has 3 N–H and O–H groups in total. The summed E-state index contributed by atoms with van der Waals surface area (Å²) < 4.78 is 6.97. The van der Waals surface area contributed by atoms with Crippen molar-refractivity contribution in [2.45, 2.75) is 24.8 Å². The van der Waals surface area contributed by atoms with E-state index in [0.29, 0.717) is 23.3 Å². The maximum atomic E-state index is 12.9. The number of aromatic hydroxyl groups is 2. The molecule has 0 amide bonds. The average Bonchev–Trinajstić information content (AvgIpc) is 3.02. The number of rotatable bonds is 4. The standard InChI is InChI=1S/C22H22BrNO5/c1-24-7-5-14(15(24)6-8-25)20-16(26)10-17(27)21-18(28)11-19(29-22(20)21)12-3-2-4-13(23)9-12/h2-4,9-11,14-15,25-27H,5-8H2,1H3/t14-,15+/m0/s1. The number of fused-ring (bicyclic) bond motifs is 1. The number of hydrogen-bond acceptors (Lipinski definition) is 6. The molecule has 2 heterocycles. The zero-order valence-electron chi connectivity index (χ0n) is 15.9. The van der Waals surface area contributed by atoms with Gasteiger partial charge in [-0.25, -0.2) is 0 Å². The molecule has 0 bridgehead atoms. The van der Waals surface area contributed by atoms with Gasteiger partial charge in [0.05, 0.1) is 0 Å². The third kappa shape index (κ3) is 3.54. The lowest BCUT2D eigenvalue weighted by Crippen LogP contribution is -2.29. The molecule has 2 atom stereocenters. The molecule has 1 aliphatic heterocycles. The van der Waals surface area contributed by atoms with E-state index in [1.165, 1.54) is 12.1 Å². The summed E-state index contributed by atoms with van der Waals surface area (Å²) in [5, 5.41) is 30.6. The van der Waals surface area contributed by atoms with E-state index in [0.717, 1.165) is 17.4 Å². The maximum Gasteiger partial charge on any atom is 0.197 e. The fourth-order valence-electron chi connectivity index (χ4n) is 4.36. The van der Waals surface area contributed by atoms with E-state index in [-0.39, 0.29) is 46.5 Å². The van der Waals surface area contributed by atoms with Crippen molar-refractivity contribution in [3.63, 3.8) is 0 Å². The van der Waals surface area contributed by atoms with Crippen LogP contribution in [0.5, 0.6) is 11.5 Å². The van der Waals surface area contributed by atoms with Crippen molar-refractivity contribution in [3.8, 4) is 22.8 Å². The van der Waals surface area contributed by atoms with E-state index in [1.807, 2.05) is 31.3 Å². The quantitative estimate of drug-likeness (QED) is 0.549. The minimum Gasteiger partial charge on any atom is -0.507 e. The number of nitrogens with zero attached hydrogens (tertiary/aromatic N) is 1. The molecule has 0 aliphatic carbocycles. The summed E-state index contributed by atoms with van der Waals surface area (Å²) in [7, 11) is 1.98. The molecule has 1 aromatic heterocycles. The van der Waals surface area contributed by atoms with Gasteiger partial charge in [-0.05, 0) is 38.6 Å². The zero-order chi connectivity index (χ0) is 20.7. The van der Waals surface area contributed by atoms with Gasteiger partial charge in [-0.1, -0.05) is 28.1 Å².